The predicted molar refractivity (Wildman–Crippen MR) is 145 cm³/mol. The summed E-state index contributed by atoms with van der Waals surface area (Å²) >= 11 is 0. The molecule has 6 nitrogen and oxygen atoms in total. The van der Waals surface area contributed by atoms with Crippen LogP contribution in [0.1, 0.15) is 73.9 Å². The summed E-state index contributed by atoms with van der Waals surface area (Å²) in [5.41, 5.74) is 5.82. The van der Waals surface area contributed by atoms with Crippen molar-refractivity contribution in [2.24, 2.45) is 0 Å². The highest BCUT2D eigenvalue weighted by molar-refractivity contribution is 5.71. The molecule has 0 amide bonds. The number of rotatable bonds is 14. The van der Waals surface area contributed by atoms with Crippen molar-refractivity contribution in [3.05, 3.63) is 94.6 Å². The van der Waals surface area contributed by atoms with Gasteiger partial charge in [-0.1, -0.05) is 60.7 Å². The number of nitrogens with zero attached hydrogens (tertiary/aromatic N) is 2. The molecule has 0 saturated heterocycles. The molecule has 1 aromatic heterocycles. The van der Waals surface area contributed by atoms with Crippen LogP contribution < -0.4 is 0 Å². The molecule has 0 fully saturated rings. The van der Waals surface area contributed by atoms with Gasteiger partial charge in [-0.15, -0.1) is 0 Å². The predicted octanol–water partition coefficient (Wildman–Crippen LogP) is 6.96. The van der Waals surface area contributed by atoms with E-state index < -0.39 is 0 Å². The molecular formula is C30H36N2O4. The zero-order valence-electron chi connectivity index (χ0n) is 21.6. The standard InChI is InChI=1S/C30H36N2O4/c1-5-33-29(34-6-2)25-15-9-23(10-16-25)13-19-27-21-28(32-22-31-27)20-14-24-11-17-26(18-12-24)30(35-7-3)36-8-4/h9-22,29-30H,5-8H2,1-4H3/b19-13+,20-14+. The zero-order valence-corrected chi connectivity index (χ0v) is 21.6. The van der Waals surface area contributed by atoms with Crippen LogP contribution in [0.15, 0.2) is 60.9 Å². The zero-order chi connectivity index (χ0) is 25.6. The number of hydrogen-bond acceptors (Lipinski definition) is 6. The molecule has 0 radical (unpaired) electrons. The van der Waals surface area contributed by atoms with Crippen LogP contribution in [0.3, 0.4) is 0 Å². The summed E-state index contributed by atoms with van der Waals surface area (Å²) in [6.45, 7) is 10.3. The van der Waals surface area contributed by atoms with Crippen LogP contribution in [0.5, 0.6) is 0 Å². The third-order valence-corrected chi connectivity index (χ3v) is 5.29. The first kappa shape index (κ1) is 27.4. The summed E-state index contributed by atoms with van der Waals surface area (Å²) < 4.78 is 22.7. The molecule has 0 N–H and O–H groups in total. The summed E-state index contributed by atoms with van der Waals surface area (Å²) in [6.07, 6.45) is 8.93. The Morgan fingerprint density at radius 3 is 1.25 bits per heavy atom. The largest absolute Gasteiger partial charge is 0.349 e. The minimum Gasteiger partial charge on any atom is -0.349 e. The van der Waals surface area contributed by atoms with Crippen LogP contribution >= 0.6 is 0 Å². The van der Waals surface area contributed by atoms with Crippen molar-refractivity contribution in [2.75, 3.05) is 26.4 Å². The van der Waals surface area contributed by atoms with Crippen molar-refractivity contribution in [3.63, 3.8) is 0 Å². The molecule has 0 spiro atoms. The van der Waals surface area contributed by atoms with Crippen LogP contribution in [0.2, 0.25) is 0 Å². The molecule has 3 rings (SSSR count). The van der Waals surface area contributed by atoms with E-state index in [-0.39, 0.29) is 12.6 Å². The van der Waals surface area contributed by atoms with Gasteiger partial charge in [-0.3, -0.25) is 0 Å². The Kier molecular flexibility index (Phi) is 11.5. The van der Waals surface area contributed by atoms with Gasteiger partial charge in [-0.2, -0.15) is 0 Å². The van der Waals surface area contributed by atoms with Gasteiger partial charge in [0.15, 0.2) is 12.6 Å². The molecule has 0 aliphatic rings. The summed E-state index contributed by atoms with van der Waals surface area (Å²) in [6, 6.07) is 18.2. The van der Waals surface area contributed by atoms with Crippen molar-refractivity contribution >= 4 is 24.3 Å². The van der Waals surface area contributed by atoms with Crippen LogP contribution in [0, 0.1) is 0 Å². The first-order valence-corrected chi connectivity index (χ1v) is 12.5. The average molecular weight is 489 g/mol. The monoisotopic (exact) mass is 488 g/mol. The molecule has 0 aliphatic heterocycles. The summed E-state index contributed by atoms with van der Waals surface area (Å²) in [4.78, 5) is 8.74. The van der Waals surface area contributed by atoms with Gasteiger partial charge in [0.25, 0.3) is 0 Å². The van der Waals surface area contributed by atoms with Crippen molar-refractivity contribution in [3.8, 4) is 0 Å². The molecular weight excluding hydrogens is 452 g/mol. The van der Waals surface area contributed by atoms with E-state index in [0.717, 1.165) is 33.6 Å². The molecule has 0 bridgehead atoms. The lowest BCUT2D eigenvalue weighted by Crippen LogP contribution is -2.08. The third kappa shape index (κ3) is 8.50. The molecule has 0 unspecified atom stereocenters. The normalized spacial score (nSPS) is 11.9. The fourth-order valence-electron chi connectivity index (χ4n) is 3.55. The van der Waals surface area contributed by atoms with E-state index in [1.54, 1.807) is 6.33 Å². The van der Waals surface area contributed by atoms with Gasteiger partial charge in [0, 0.05) is 37.6 Å². The maximum atomic E-state index is 5.67. The highest BCUT2D eigenvalue weighted by Crippen LogP contribution is 2.21. The molecule has 6 heteroatoms. The first-order chi connectivity index (χ1) is 17.7. The van der Waals surface area contributed by atoms with E-state index in [0.29, 0.717) is 26.4 Å². The second kappa shape index (κ2) is 15.1. The maximum absolute atomic E-state index is 5.67. The Morgan fingerprint density at radius 2 is 0.917 bits per heavy atom. The van der Waals surface area contributed by atoms with Gasteiger partial charge in [0.05, 0.1) is 11.4 Å². The number of hydrogen-bond donors (Lipinski definition) is 0. The van der Waals surface area contributed by atoms with Crippen molar-refractivity contribution in [1.29, 1.82) is 0 Å². The minimum absolute atomic E-state index is 0.332. The first-order valence-electron chi connectivity index (χ1n) is 12.5. The van der Waals surface area contributed by atoms with E-state index in [9.17, 15) is 0 Å². The smallest absolute Gasteiger partial charge is 0.183 e. The van der Waals surface area contributed by atoms with Crippen LogP contribution in [-0.2, 0) is 18.9 Å². The molecule has 1 heterocycles. The maximum Gasteiger partial charge on any atom is 0.183 e. The van der Waals surface area contributed by atoms with E-state index in [1.807, 2.05) is 107 Å². The number of ether oxygens (including phenoxy) is 4. The lowest BCUT2D eigenvalue weighted by molar-refractivity contribution is -0.140. The Hall–Kier alpha value is -3.16. The van der Waals surface area contributed by atoms with Gasteiger partial charge in [0.1, 0.15) is 6.33 Å². The van der Waals surface area contributed by atoms with E-state index in [2.05, 4.69) is 9.97 Å². The second-order valence-electron chi connectivity index (χ2n) is 7.85. The Morgan fingerprint density at radius 1 is 0.556 bits per heavy atom. The third-order valence-electron chi connectivity index (χ3n) is 5.29. The highest BCUT2D eigenvalue weighted by Gasteiger charge is 2.11. The van der Waals surface area contributed by atoms with Gasteiger partial charge in [-0.25, -0.2) is 9.97 Å². The van der Waals surface area contributed by atoms with Gasteiger partial charge in [0.2, 0.25) is 0 Å². The minimum atomic E-state index is -0.332. The van der Waals surface area contributed by atoms with Crippen LogP contribution in [0.25, 0.3) is 24.3 Å². The molecule has 0 saturated carbocycles. The molecule has 3 aromatic rings. The van der Waals surface area contributed by atoms with Crippen LogP contribution in [0.4, 0.5) is 0 Å². The summed E-state index contributed by atoms with van der Waals surface area (Å²) in [5, 5.41) is 0. The summed E-state index contributed by atoms with van der Waals surface area (Å²) in [7, 11) is 0. The Balaban J connectivity index is 1.64. The average Bonchev–Trinajstić information content (AvgIpc) is 2.91. The topological polar surface area (TPSA) is 62.7 Å². The second-order valence-corrected chi connectivity index (χ2v) is 7.85. The Labute approximate surface area is 214 Å². The van der Waals surface area contributed by atoms with Gasteiger partial charge in [-0.05, 0) is 57.0 Å². The fourth-order valence-corrected chi connectivity index (χ4v) is 3.55. The molecule has 190 valence electrons. The van der Waals surface area contributed by atoms with E-state index in [4.69, 9.17) is 18.9 Å². The van der Waals surface area contributed by atoms with Crippen molar-refractivity contribution in [1.82, 2.24) is 9.97 Å². The van der Waals surface area contributed by atoms with Gasteiger partial charge >= 0.3 is 0 Å². The lowest BCUT2D eigenvalue weighted by atomic mass is 10.1. The van der Waals surface area contributed by atoms with Crippen molar-refractivity contribution in [2.45, 2.75) is 40.3 Å². The van der Waals surface area contributed by atoms with Crippen LogP contribution in [-0.4, -0.2) is 36.4 Å². The van der Waals surface area contributed by atoms with E-state index >= 15 is 0 Å². The SMILES string of the molecule is CCOC(OCC)c1ccc(/C=C/c2cc(/C=C/c3ccc(C(OCC)OCC)cc3)ncn2)cc1. The number of benzene rings is 2. The molecule has 0 aliphatic carbocycles. The molecule has 2 aromatic carbocycles. The lowest BCUT2D eigenvalue weighted by Gasteiger charge is -2.17. The quantitative estimate of drug-likeness (QED) is 0.229. The Bertz CT molecular complexity index is 998. The summed E-state index contributed by atoms with van der Waals surface area (Å²) in [5.74, 6) is 0. The number of aromatic nitrogens is 2. The molecule has 0 atom stereocenters. The van der Waals surface area contributed by atoms with E-state index in [1.165, 1.54) is 0 Å². The highest BCUT2D eigenvalue weighted by atomic mass is 16.7. The fraction of sp³-hybridized carbons (Fsp3) is 0.333. The van der Waals surface area contributed by atoms with Crippen molar-refractivity contribution < 1.29 is 18.9 Å². The van der Waals surface area contributed by atoms with Gasteiger partial charge < -0.3 is 18.9 Å². The molecule has 36 heavy (non-hydrogen) atoms.